The van der Waals surface area contributed by atoms with E-state index >= 15 is 0 Å². The van der Waals surface area contributed by atoms with Crippen molar-refractivity contribution in [2.75, 3.05) is 7.11 Å². The number of hydrogen-bond donors (Lipinski definition) is 1. The van der Waals surface area contributed by atoms with Gasteiger partial charge in [-0.05, 0) is 50.6 Å². The van der Waals surface area contributed by atoms with Gasteiger partial charge in [-0.2, -0.15) is 0 Å². The fourth-order valence-corrected chi connectivity index (χ4v) is 2.67. The number of carbonyl (C=O) groups excluding carboxylic acids is 1. The summed E-state index contributed by atoms with van der Waals surface area (Å²) in [6, 6.07) is 10.6. The summed E-state index contributed by atoms with van der Waals surface area (Å²) >= 11 is 0. The maximum absolute atomic E-state index is 12.8. The molecule has 2 aromatic rings. The highest BCUT2D eigenvalue weighted by molar-refractivity contribution is 5.88. The van der Waals surface area contributed by atoms with Crippen molar-refractivity contribution in [3.63, 3.8) is 0 Å². The van der Waals surface area contributed by atoms with Crippen LogP contribution in [0.4, 0.5) is 10.5 Å². The normalized spacial score (nSPS) is 10.9. The Morgan fingerprint density at radius 2 is 1.73 bits per heavy atom. The van der Waals surface area contributed by atoms with Crippen LogP contribution in [0.25, 0.3) is 0 Å². The van der Waals surface area contributed by atoms with Crippen molar-refractivity contribution < 1.29 is 29.1 Å². The molecule has 0 unspecified atom stereocenters. The predicted octanol–water partition coefficient (Wildman–Crippen LogP) is 4.24. The molecule has 1 N–H and O–H groups in total. The van der Waals surface area contributed by atoms with Gasteiger partial charge < -0.3 is 14.6 Å². The minimum absolute atomic E-state index is 0.128. The Hall–Kier alpha value is -3.62. The highest BCUT2D eigenvalue weighted by Crippen LogP contribution is 2.24. The minimum atomic E-state index is -1.27. The highest BCUT2D eigenvalue weighted by Gasteiger charge is 2.26. The zero-order chi connectivity index (χ0) is 22.5. The fraction of sp³-hybridized carbons (Fsp3) is 0.333. The summed E-state index contributed by atoms with van der Waals surface area (Å²) in [6.07, 6.45) is -0.644. The largest absolute Gasteiger partial charge is 0.497 e. The number of nitro groups is 1. The van der Waals surface area contributed by atoms with E-state index in [2.05, 4.69) is 0 Å². The van der Waals surface area contributed by atoms with Gasteiger partial charge in [0.1, 0.15) is 11.4 Å². The number of nitro benzene ring substituents is 1. The van der Waals surface area contributed by atoms with Gasteiger partial charge in [-0.15, -0.1) is 0 Å². The van der Waals surface area contributed by atoms with Crippen LogP contribution in [-0.2, 0) is 17.8 Å². The van der Waals surface area contributed by atoms with E-state index in [-0.39, 0.29) is 29.9 Å². The zero-order valence-corrected chi connectivity index (χ0v) is 17.2. The number of carboxylic acids is 1. The molecule has 9 nitrogen and oxygen atoms in total. The molecule has 9 heteroatoms. The second-order valence-corrected chi connectivity index (χ2v) is 7.59. The van der Waals surface area contributed by atoms with Crippen LogP contribution in [-0.4, -0.2) is 39.7 Å². The summed E-state index contributed by atoms with van der Waals surface area (Å²) in [5, 5.41) is 20.6. The summed E-state index contributed by atoms with van der Waals surface area (Å²) in [5.74, 6) is -0.616. The second kappa shape index (κ2) is 9.25. The maximum Gasteiger partial charge on any atom is 0.410 e. The molecule has 0 saturated carbocycles. The molecule has 2 aromatic carbocycles. The lowest BCUT2D eigenvalue weighted by molar-refractivity contribution is -0.385. The van der Waals surface area contributed by atoms with Crippen molar-refractivity contribution in [1.82, 2.24) is 4.90 Å². The lowest BCUT2D eigenvalue weighted by atomic mass is 10.1. The smallest absolute Gasteiger partial charge is 0.410 e. The highest BCUT2D eigenvalue weighted by atomic mass is 16.6. The molecular weight excluding hydrogens is 392 g/mol. The first kappa shape index (κ1) is 22.7. The third kappa shape index (κ3) is 6.20. The first-order chi connectivity index (χ1) is 14.0. The maximum atomic E-state index is 12.8. The fourth-order valence-electron chi connectivity index (χ4n) is 2.67. The number of methoxy groups -OCH3 is 1. The molecule has 0 atom stereocenters. The van der Waals surface area contributed by atoms with Crippen molar-refractivity contribution in [3.8, 4) is 5.75 Å². The molecule has 160 valence electrons. The molecule has 0 aliphatic carbocycles. The third-order valence-electron chi connectivity index (χ3n) is 4.07. The van der Waals surface area contributed by atoms with Gasteiger partial charge in [0.2, 0.25) is 0 Å². The number of hydrogen-bond acceptors (Lipinski definition) is 6. The Bertz CT molecular complexity index is 933. The summed E-state index contributed by atoms with van der Waals surface area (Å²) < 4.78 is 10.6. The van der Waals surface area contributed by atoms with E-state index in [1.807, 2.05) is 0 Å². The number of ether oxygens (including phenoxy) is 2. The number of amides is 1. The second-order valence-electron chi connectivity index (χ2n) is 7.59. The molecule has 0 aliphatic heterocycles. The first-order valence-electron chi connectivity index (χ1n) is 9.11. The molecular formula is C21H24N2O7. The van der Waals surface area contributed by atoms with Crippen LogP contribution in [0.5, 0.6) is 5.75 Å². The van der Waals surface area contributed by atoms with Crippen LogP contribution >= 0.6 is 0 Å². The van der Waals surface area contributed by atoms with Crippen LogP contribution in [0.2, 0.25) is 0 Å². The molecule has 0 saturated heterocycles. The van der Waals surface area contributed by atoms with E-state index in [1.165, 1.54) is 17.0 Å². The van der Waals surface area contributed by atoms with Crippen molar-refractivity contribution in [3.05, 3.63) is 69.3 Å². The van der Waals surface area contributed by atoms with Crippen LogP contribution in [0.15, 0.2) is 42.5 Å². The summed E-state index contributed by atoms with van der Waals surface area (Å²) in [6.45, 7) is 5.18. The molecule has 2 rings (SSSR count). The van der Waals surface area contributed by atoms with E-state index in [4.69, 9.17) is 14.6 Å². The minimum Gasteiger partial charge on any atom is -0.497 e. The number of nitrogens with zero attached hydrogens (tertiary/aromatic N) is 2. The molecule has 30 heavy (non-hydrogen) atoms. The van der Waals surface area contributed by atoms with Crippen LogP contribution in [0, 0.1) is 10.1 Å². The van der Waals surface area contributed by atoms with Gasteiger partial charge in [0.25, 0.3) is 5.69 Å². The van der Waals surface area contributed by atoms with Gasteiger partial charge in [-0.1, -0.05) is 12.1 Å². The number of benzene rings is 2. The average Bonchev–Trinajstić information content (AvgIpc) is 2.66. The topological polar surface area (TPSA) is 119 Å². The Balaban J connectivity index is 2.37. The summed E-state index contributed by atoms with van der Waals surface area (Å²) in [7, 11) is 1.54. The van der Waals surface area contributed by atoms with Crippen molar-refractivity contribution in [2.24, 2.45) is 0 Å². The zero-order valence-electron chi connectivity index (χ0n) is 17.2. The van der Waals surface area contributed by atoms with Gasteiger partial charge in [0.15, 0.2) is 0 Å². The molecule has 0 spiro atoms. The van der Waals surface area contributed by atoms with E-state index < -0.39 is 22.6 Å². The SMILES string of the molecule is COc1ccc(CN(Cc2ccc(C(=O)O)cc2[N+](=O)[O-])C(=O)OC(C)(C)C)cc1. The van der Waals surface area contributed by atoms with Crippen LogP contribution in [0.1, 0.15) is 42.3 Å². The van der Waals surface area contributed by atoms with Gasteiger partial charge >= 0.3 is 12.1 Å². The van der Waals surface area contributed by atoms with Gasteiger partial charge in [-0.3, -0.25) is 15.0 Å². The lowest BCUT2D eigenvalue weighted by Gasteiger charge is -2.27. The molecule has 0 aromatic heterocycles. The number of carbonyl (C=O) groups is 2. The van der Waals surface area contributed by atoms with Crippen molar-refractivity contribution in [2.45, 2.75) is 39.5 Å². The van der Waals surface area contributed by atoms with E-state index in [1.54, 1.807) is 52.1 Å². The Kier molecular flexibility index (Phi) is 6.99. The number of carboxylic acid groups (broad SMARTS) is 1. The predicted molar refractivity (Wildman–Crippen MR) is 109 cm³/mol. The Labute approximate surface area is 174 Å². The number of aromatic carboxylic acids is 1. The number of rotatable bonds is 7. The summed E-state index contributed by atoms with van der Waals surface area (Å²) in [5.41, 5.74) is -0.368. The quantitative estimate of drug-likeness (QED) is 0.529. The standard InChI is InChI=1S/C21H24N2O7/c1-21(2,3)30-20(26)22(12-14-5-9-17(29-4)10-6-14)13-16-8-7-15(19(24)25)11-18(16)23(27)28/h5-11H,12-13H2,1-4H3,(H,24,25). The molecule has 0 aliphatic rings. The Morgan fingerprint density at radius 3 is 2.23 bits per heavy atom. The van der Waals surface area contributed by atoms with Crippen molar-refractivity contribution >= 4 is 17.7 Å². The van der Waals surface area contributed by atoms with E-state index in [0.29, 0.717) is 5.75 Å². The van der Waals surface area contributed by atoms with Gasteiger partial charge in [0.05, 0.1) is 24.1 Å². The van der Waals surface area contributed by atoms with Crippen LogP contribution < -0.4 is 4.74 Å². The molecule has 0 bridgehead atoms. The van der Waals surface area contributed by atoms with E-state index in [0.717, 1.165) is 11.6 Å². The molecule has 0 heterocycles. The van der Waals surface area contributed by atoms with Crippen LogP contribution in [0.3, 0.4) is 0 Å². The average molecular weight is 416 g/mol. The van der Waals surface area contributed by atoms with Crippen molar-refractivity contribution in [1.29, 1.82) is 0 Å². The van der Waals surface area contributed by atoms with Gasteiger partial charge in [-0.25, -0.2) is 9.59 Å². The lowest BCUT2D eigenvalue weighted by Crippen LogP contribution is -2.36. The molecule has 0 radical (unpaired) electrons. The summed E-state index contributed by atoms with van der Waals surface area (Å²) in [4.78, 5) is 36.0. The Morgan fingerprint density at radius 1 is 1.10 bits per heavy atom. The molecule has 0 fully saturated rings. The third-order valence-corrected chi connectivity index (χ3v) is 4.07. The van der Waals surface area contributed by atoms with E-state index in [9.17, 15) is 19.7 Å². The first-order valence-corrected chi connectivity index (χ1v) is 9.11. The molecule has 1 amide bonds. The van der Waals surface area contributed by atoms with Gasteiger partial charge in [0, 0.05) is 18.2 Å². The monoisotopic (exact) mass is 416 g/mol.